The van der Waals surface area contributed by atoms with Crippen molar-refractivity contribution in [2.24, 2.45) is 34.5 Å². The van der Waals surface area contributed by atoms with Gasteiger partial charge in [-0.25, -0.2) is 0 Å². The number of hydrogen-bond acceptors (Lipinski definition) is 0. The molecular weight excluding hydrogens is 192 g/mol. The molecule has 2 saturated carbocycles. The Labute approximate surface area is 101 Å². The monoisotopic (exact) mass is 218 g/mol. The van der Waals surface area contributed by atoms with Gasteiger partial charge in [0, 0.05) is 0 Å². The highest BCUT2D eigenvalue weighted by Gasteiger charge is 2.56. The van der Waals surface area contributed by atoms with E-state index in [9.17, 15) is 0 Å². The molecule has 3 aliphatic rings. The summed E-state index contributed by atoms with van der Waals surface area (Å²) in [6, 6.07) is 0. The highest BCUT2D eigenvalue weighted by atomic mass is 14.6. The molecule has 0 aliphatic heterocycles. The zero-order valence-electron chi connectivity index (χ0n) is 11.3. The molecule has 16 heavy (non-hydrogen) atoms. The zero-order chi connectivity index (χ0) is 11.6. The fourth-order valence-corrected chi connectivity index (χ4v) is 5.38. The van der Waals surface area contributed by atoms with Crippen LogP contribution in [0.3, 0.4) is 0 Å². The van der Waals surface area contributed by atoms with E-state index in [-0.39, 0.29) is 0 Å². The van der Waals surface area contributed by atoms with E-state index in [2.05, 4.69) is 39.8 Å². The van der Waals surface area contributed by atoms with Crippen LogP contribution in [0.2, 0.25) is 0 Å². The van der Waals surface area contributed by atoms with E-state index in [4.69, 9.17) is 0 Å². The van der Waals surface area contributed by atoms with Crippen LogP contribution in [-0.2, 0) is 0 Å². The molecule has 0 aromatic carbocycles. The third-order valence-electron chi connectivity index (χ3n) is 5.92. The average Bonchev–Trinajstić information content (AvgIpc) is 2.76. The summed E-state index contributed by atoms with van der Waals surface area (Å²) in [6.07, 6.45) is 10.9. The van der Waals surface area contributed by atoms with Crippen LogP contribution in [0.5, 0.6) is 0 Å². The van der Waals surface area contributed by atoms with Gasteiger partial charge >= 0.3 is 0 Å². The molecular formula is C16H26. The van der Waals surface area contributed by atoms with Gasteiger partial charge in [0.25, 0.3) is 0 Å². The normalized spacial score (nSPS) is 59.8. The fourth-order valence-electron chi connectivity index (χ4n) is 5.38. The van der Waals surface area contributed by atoms with Crippen molar-refractivity contribution in [3.63, 3.8) is 0 Å². The molecule has 0 aromatic heterocycles. The van der Waals surface area contributed by atoms with Gasteiger partial charge in [-0.2, -0.15) is 0 Å². The predicted molar refractivity (Wildman–Crippen MR) is 69.1 cm³/mol. The van der Waals surface area contributed by atoms with Crippen molar-refractivity contribution in [1.82, 2.24) is 0 Å². The van der Waals surface area contributed by atoms with Crippen LogP contribution in [0.4, 0.5) is 0 Å². The van der Waals surface area contributed by atoms with Crippen LogP contribution >= 0.6 is 0 Å². The molecule has 2 fully saturated rings. The van der Waals surface area contributed by atoms with Crippen LogP contribution in [0.25, 0.3) is 0 Å². The molecule has 6 atom stereocenters. The van der Waals surface area contributed by atoms with Gasteiger partial charge in [-0.3, -0.25) is 0 Å². The van der Waals surface area contributed by atoms with Crippen molar-refractivity contribution in [1.29, 1.82) is 0 Å². The molecule has 0 heterocycles. The smallest absolute Gasteiger partial charge is 0.0110 e. The Balaban J connectivity index is 1.85. The molecule has 0 amide bonds. The summed E-state index contributed by atoms with van der Waals surface area (Å²) in [7, 11) is 0. The standard InChI is InChI=1S/C16H26/c1-11-5-6-16(4,7-11)14-10-15(3)8-12(2)13(14)9-15/h5-6,11-14H,7-10H2,1-4H3. The zero-order valence-corrected chi connectivity index (χ0v) is 11.3. The van der Waals surface area contributed by atoms with Crippen LogP contribution in [0.1, 0.15) is 53.4 Å². The summed E-state index contributed by atoms with van der Waals surface area (Å²) < 4.78 is 0. The molecule has 0 heteroatoms. The van der Waals surface area contributed by atoms with Crippen LogP contribution in [0, 0.1) is 34.5 Å². The Bertz CT molecular complexity index is 329. The van der Waals surface area contributed by atoms with Crippen molar-refractivity contribution < 1.29 is 0 Å². The van der Waals surface area contributed by atoms with Crippen molar-refractivity contribution in [2.75, 3.05) is 0 Å². The Morgan fingerprint density at radius 3 is 2.25 bits per heavy atom. The minimum absolute atomic E-state index is 0.524. The first-order valence-corrected chi connectivity index (χ1v) is 7.11. The van der Waals surface area contributed by atoms with Gasteiger partial charge in [0.2, 0.25) is 0 Å². The van der Waals surface area contributed by atoms with E-state index in [1.54, 1.807) is 0 Å². The average molecular weight is 218 g/mol. The highest BCUT2D eigenvalue weighted by molar-refractivity contribution is 5.15. The molecule has 0 N–H and O–H groups in total. The van der Waals surface area contributed by atoms with Crippen LogP contribution in [0.15, 0.2) is 12.2 Å². The quantitative estimate of drug-likeness (QED) is 0.561. The topological polar surface area (TPSA) is 0 Å². The summed E-state index contributed by atoms with van der Waals surface area (Å²) >= 11 is 0. The fraction of sp³-hybridized carbons (Fsp3) is 0.875. The molecule has 6 unspecified atom stereocenters. The maximum Gasteiger partial charge on any atom is -0.0110 e. The third-order valence-corrected chi connectivity index (χ3v) is 5.92. The Morgan fingerprint density at radius 1 is 1.00 bits per heavy atom. The van der Waals surface area contributed by atoms with E-state index in [1.165, 1.54) is 25.7 Å². The lowest BCUT2D eigenvalue weighted by molar-refractivity contribution is 0.107. The van der Waals surface area contributed by atoms with E-state index in [0.29, 0.717) is 10.8 Å². The van der Waals surface area contributed by atoms with Gasteiger partial charge in [0.1, 0.15) is 0 Å². The first-order valence-electron chi connectivity index (χ1n) is 7.11. The van der Waals surface area contributed by atoms with Gasteiger partial charge in [0.15, 0.2) is 0 Å². The van der Waals surface area contributed by atoms with Crippen LogP contribution in [-0.4, -0.2) is 0 Å². The Kier molecular flexibility index (Phi) is 2.14. The van der Waals surface area contributed by atoms with Gasteiger partial charge in [0.05, 0.1) is 0 Å². The Morgan fingerprint density at radius 2 is 1.75 bits per heavy atom. The molecule has 3 aliphatic carbocycles. The summed E-state index contributed by atoms with van der Waals surface area (Å²) in [5, 5.41) is 0. The lowest BCUT2D eigenvalue weighted by Gasteiger charge is -2.40. The van der Waals surface area contributed by atoms with Gasteiger partial charge < -0.3 is 0 Å². The summed E-state index contributed by atoms with van der Waals surface area (Å²) in [6.45, 7) is 9.93. The van der Waals surface area contributed by atoms with Crippen molar-refractivity contribution >= 4 is 0 Å². The predicted octanol–water partition coefficient (Wildman–Crippen LogP) is 4.66. The number of allylic oxidation sites excluding steroid dienone is 2. The molecule has 0 radical (unpaired) electrons. The lowest BCUT2D eigenvalue weighted by atomic mass is 9.64. The molecule has 0 saturated heterocycles. The minimum Gasteiger partial charge on any atom is -0.0851 e. The number of fused-ring (bicyclic) bond motifs is 2. The van der Waals surface area contributed by atoms with Crippen LogP contribution < -0.4 is 0 Å². The highest BCUT2D eigenvalue weighted by Crippen LogP contribution is 2.65. The SMILES string of the molecule is CC1C=CC(C)(C2CC3(C)CC(C)C2C3)C1. The molecule has 0 nitrogen and oxygen atoms in total. The third kappa shape index (κ3) is 1.41. The molecule has 3 rings (SSSR count). The molecule has 0 aromatic rings. The van der Waals surface area contributed by atoms with Gasteiger partial charge in [-0.1, -0.05) is 39.8 Å². The molecule has 2 bridgehead atoms. The van der Waals surface area contributed by atoms with Gasteiger partial charge in [-0.05, 0) is 60.2 Å². The summed E-state index contributed by atoms with van der Waals surface area (Å²) in [4.78, 5) is 0. The van der Waals surface area contributed by atoms with Crippen molar-refractivity contribution in [2.45, 2.75) is 53.4 Å². The van der Waals surface area contributed by atoms with E-state index >= 15 is 0 Å². The lowest BCUT2D eigenvalue weighted by Crippen LogP contribution is -2.33. The number of rotatable bonds is 1. The second kappa shape index (κ2) is 3.15. The second-order valence-corrected chi connectivity index (χ2v) is 7.72. The summed E-state index contributed by atoms with van der Waals surface area (Å²) in [5.41, 5.74) is 1.22. The molecule has 90 valence electrons. The van der Waals surface area contributed by atoms with Crippen molar-refractivity contribution in [3.8, 4) is 0 Å². The van der Waals surface area contributed by atoms with E-state index in [1.807, 2.05) is 0 Å². The Hall–Kier alpha value is -0.260. The molecule has 0 spiro atoms. The van der Waals surface area contributed by atoms with Crippen molar-refractivity contribution in [3.05, 3.63) is 12.2 Å². The number of hydrogen-bond donors (Lipinski definition) is 0. The minimum atomic E-state index is 0.524. The van der Waals surface area contributed by atoms with E-state index < -0.39 is 0 Å². The maximum atomic E-state index is 2.55. The maximum absolute atomic E-state index is 2.55. The summed E-state index contributed by atoms with van der Waals surface area (Å²) in [5.74, 6) is 3.78. The second-order valence-electron chi connectivity index (χ2n) is 7.72. The van der Waals surface area contributed by atoms with E-state index in [0.717, 1.165) is 23.7 Å². The van der Waals surface area contributed by atoms with Gasteiger partial charge in [-0.15, -0.1) is 0 Å². The first-order chi connectivity index (χ1) is 7.42. The largest absolute Gasteiger partial charge is 0.0851 e. The first kappa shape index (κ1) is 10.9.